The van der Waals surface area contributed by atoms with Gasteiger partial charge in [-0.2, -0.15) is 8.42 Å². The van der Waals surface area contributed by atoms with Crippen molar-refractivity contribution < 1.29 is 22.0 Å². The van der Waals surface area contributed by atoms with Gasteiger partial charge in [0.25, 0.3) is 15.9 Å². The predicted molar refractivity (Wildman–Crippen MR) is 111 cm³/mol. The van der Waals surface area contributed by atoms with Crippen LogP contribution in [0.15, 0.2) is 38.5 Å². The Labute approximate surface area is 178 Å². The molecule has 1 amide bonds. The van der Waals surface area contributed by atoms with Gasteiger partial charge in [-0.05, 0) is 50.7 Å². The number of amides is 1. The third kappa shape index (κ3) is 4.14. The Bertz CT molecular complexity index is 1140. The molecule has 9 nitrogen and oxygen atoms in total. The van der Waals surface area contributed by atoms with Crippen molar-refractivity contribution in [1.82, 2.24) is 10.3 Å². The molecule has 1 aliphatic heterocycles. The molecular formula is C20H22FN5O4S. The molecule has 1 aromatic heterocycles. The highest BCUT2D eigenvalue weighted by atomic mass is 32.2. The van der Waals surface area contributed by atoms with Crippen molar-refractivity contribution in [2.24, 2.45) is 10.3 Å². The van der Waals surface area contributed by atoms with Gasteiger partial charge in [-0.15, -0.1) is 4.40 Å². The maximum Gasteiger partial charge on any atom is 0.286 e. The number of nitrogens with zero attached hydrogens (tertiary/aromatic N) is 2. The quantitative estimate of drug-likeness (QED) is 0.643. The summed E-state index contributed by atoms with van der Waals surface area (Å²) in [6, 6.07) is 2.36. The lowest BCUT2D eigenvalue weighted by molar-refractivity contribution is 0.0921. The summed E-state index contributed by atoms with van der Waals surface area (Å²) in [6.45, 7) is 0. The lowest BCUT2D eigenvalue weighted by Crippen LogP contribution is -2.40. The van der Waals surface area contributed by atoms with Crippen LogP contribution < -0.4 is 16.0 Å². The molecule has 2 aliphatic carbocycles. The highest BCUT2D eigenvalue weighted by Gasteiger charge is 2.36. The fourth-order valence-corrected chi connectivity index (χ4v) is 5.31. The lowest BCUT2D eigenvalue weighted by Gasteiger charge is -2.31. The van der Waals surface area contributed by atoms with Crippen molar-refractivity contribution in [3.05, 3.63) is 36.3 Å². The Balaban J connectivity index is 1.28. The number of fused-ring (bicyclic) bond motifs is 1. The van der Waals surface area contributed by atoms with E-state index in [-0.39, 0.29) is 34.5 Å². The number of carbonyl (C=O) groups excluding carboxylic acids is 1. The van der Waals surface area contributed by atoms with E-state index in [1.807, 2.05) is 0 Å². The van der Waals surface area contributed by atoms with Gasteiger partial charge in [-0.25, -0.2) is 9.37 Å². The number of sulfonamides is 1. The van der Waals surface area contributed by atoms with Crippen LogP contribution in [-0.4, -0.2) is 37.2 Å². The number of hydrogen-bond acceptors (Lipinski definition) is 7. The van der Waals surface area contributed by atoms with Crippen molar-refractivity contribution in [3.63, 3.8) is 0 Å². The predicted octanol–water partition coefficient (Wildman–Crippen LogP) is 2.89. The van der Waals surface area contributed by atoms with Crippen LogP contribution in [0.2, 0.25) is 0 Å². The lowest BCUT2D eigenvalue weighted by atomic mass is 9.91. The zero-order valence-electron chi connectivity index (χ0n) is 16.6. The monoisotopic (exact) mass is 447 g/mol. The maximum absolute atomic E-state index is 14.2. The zero-order valence-corrected chi connectivity index (χ0v) is 17.4. The standard InChI is InChI=1S/C20H22FN5O4S/c21-12-7-15(18-17(8-12)31(28,29)26-19(25-18)11-1-2-11)23-13-3-5-14(6-4-13)24-20(27)16-9-30-10-22-16/h7-11,13-14,23H,1-6H2,(H,24,27)(H,25,26). The Kier molecular flexibility index (Phi) is 4.92. The third-order valence-corrected chi connectivity index (χ3v) is 7.18. The second kappa shape index (κ2) is 7.63. The van der Waals surface area contributed by atoms with Crippen LogP contribution in [0, 0.1) is 11.7 Å². The second-order valence-corrected chi connectivity index (χ2v) is 9.79. The number of anilines is 2. The van der Waals surface area contributed by atoms with E-state index < -0.39 is 15.8 Å². The summed E-state index contributed by atoms with van der Waals surface area (Å²) in [6.07, 6.45) is 7.25. The van der Waals surface area contributed by atoms with Gasteiger partial charge in [0.15, 0.2) is 12.1 Å². The van der Waals surface area contributed by atoms with Gasteiger partial charge in [0, 0.05) is 18.0 Å². The van der Waals surface area contributed by atoms with Crippen molar-refractivity contribution in [2.75, 3.05) is 10.6 Å². The van der Waals surface area contributed by atoms with Gasteiger partial charge >= 0.3 is 0 Å². The number of oxazole rings is 1. The van der Waals surface area contributed by atoms with E-state index in [1.54, 1.807) is 0 Å². The van der Waals surface area contributed by atoms with E-state index in [4.69, 9.17) is 4.42 Å². The molecule has 164 valence electrons. The minimum atomic E-state index is -3.94. The normalized spacial score (nSPS) is 24.5. The fourth-order valence-electron chi connectivity index (χ4n) is 4.08. The molecular weight excluding hydrogens is 425 g/mol. The molecule has 31 heavy (non-hydrogen) atoms. The average Bonchev–Trinajstić information content (AvgIpc) is 3.43. The first-order chi connectivity index (χ1) is 14.9. The molecule has 0 unspecified atom stereocenters. The molecule has 0 bridgehead atoms. The molecule has 0 radical (unpaired) electrons. The van der Waals surface area contributed by atoms with E-state index >= 15 is 0 Å². The van der Waals surface area contributed by atoms with Crippen LogP contribution in [-0.2, 0) is 10.0 Å². The van der Waals surface area contributed by atoms with E-state index in [1.165, 1.54) is 18.7 Å². The van der Waals surface area contributed by atoms with E-state index in [9.17, 15) is 17.6 Å². The molecule has 2 aromatic rings. The highest BCUT2D eigenvalue weighted by Crippen LogP contribution is 2.40. The first-order valence-corrected chi connectivity index (χ1v) is 11.7. The van der Waals surface area contributed by atoms with Crippen molar-refractivity contribution >= 4 is 33.1 Å². The Morgan fingerprint density at radius 2 is 1.87 bits per heavy atom. The van der Waals surface area contributed by atoms with Crippen molar-refractivity contribution in [3.8, 4) is 0 Å². The molecule has 2 fully saturated rings. The van der Waals surface area contributed by atoms with Crippen LogP contribution in [0.1, 0.15) is 49.0 Å². The summed E-state index contributed by atoms with van der Waals surface area (Å²) in [5.41, 5.74) is 1.02. The number of benzene rings is 1. The summed E-state index contributed by atoms with van der Waals surface area (Å²) in [5.74, 6) is -0.359. The molecule has 1 aromatic carbocycles. The van der Waals surface area contributed by atoms with E-state index in [2.05, 4.69) is 25.3 Å². The van der Waals surface area contributed by atoms with Gasteiger partial charge < -0.3 is 20.4 Å². The Morgan fingerprint density at radius 3 is 2.55 bits per heavy atom. The maximum atomic E-state index is 14.2. The number of halogens is 1. The van der Waals surface area contributed by atoms with Gasteiger partial charge in [0.1, 0.15) is 22.8 Å². The topological polar surface area (TPSA) is 126 Å². The summed E-state index contributed by atoms with van der Waals surface area (Å²) in [5, 5.41) is 9.37. The van der Waals surface area contributed by atoms with Gasteiger partial charge in [0.2, 0.25) is 0 Å². The summed E-state index contributed by atoms with van der Waals surface area (Å²) in [7, 11) is -3.94. The summed E-state index contributed by atoms with van der Waals surface area (Å²) in [4.78, 5) is 15.8. The van der Waals surface area contributed by atoms with Crippen LogP contribution in [0.5, 0.6) is 0 Å². The Morgan fingerprint density at radius 1 is 1.13 bits per heavy atom. The number of carbonyl (C=O) groups is 1. The molecule has 3 aliphatic rings. The van der Waals surface area contributed by atoms with Crippen LogP contribution in [0.25, 0.3) is 0 Å². The smallest absolute Gasteiger partial charge is 0.286 e. The van der Waals surface area contributed by atoms with Gasteiger partial charge in [0.05, 0.1) is 11.4 Å². The first-order valence-electron chi connectivity index (χ1n) is 10.3. The van der Waals surface area contributed by atoms with Gasteiger partial charge in [-0.1, -0.05) is 0 Å². The molecule has 0 spiro atoms. The number of aromatic nitrogens is 1. The molecule has 3 N–H and O–H groups in total. The minimum absolute atomic E-state index is 0.00998. The third-order valence-electron chi connectivity index (χ3n) is 5.87. The SMILES string of the molecule is O=C(NC1CCC(Nc2cc(F)cc3c2NC(C2CC2)=NS3(=O)=O)CC1)c1cocn1. The zero-order chi connectivity index (χ0) is 21.6. The molecule has 0 saturated heterocycles. The largest absolute Gasteiger partial charge is 0.451 e. The van der Waals surface area contributed by atoms with Crippen molar-refractivity contribution in [2.45, 2.75) is 55.5 Å². The average molecular weight is 447 g/mol. The Hall–Kier alpha value is -2.95. The number of rotatable bonds is 5. The fraction of sp³-hybridized carbons (Fsp3) is 0.450. The number of hydrogen-bond donors (Lipinski definition) is 3. The summed E-state index contributed by atoms with van der Waals surface area (Å²) < 4.78 is 48.1. The molecule has 2 heterocycles. The molecule has 2 saturated carbocycles. The van der Waals surface area contributed by atoms with Crippen LogP contribution in [0.4, 0.5) is 15.8 Å². The van der Waals surface area contributed by atoms with Crippen LogP contribution >= 0.6 is 0 Å². The van der Waals surface area contributed by atoms with Crippen LogP contribution in [0.3, 0.4) is 0 Å². The van der Waals surface area contributed by atoms with Crippen molar-refractivity contribution in [1.29, 1.82) is 0 Å². The van der Waals surface area contributed by atoms with E-state index in [0.29, 0.717) is 17.2 Å². The highest BCUT2D eigenvalue weighted by molar-refractivity contribution is 7.90. The number of nitrogens with one attached hydrogen (secondary N) is 3. The van der Waals surface area contributed by atoms with Gasteiger partial charge in [-0.3, -0.25) is 4.79 Å². The molecule has 11 heteroatoms. The van der Waals surface area contributed by atoms with E-state index in [0.717, 1.165) is 44.6 Å². The molecule has 0 atom stereocenters. The summed E-state index contributed by atoms with van der Waals surface area (Å²) >= 11 is 0. The molecule has 5 rings (SSSR count). The minimum Gasteiger partial charge on any atom is -0.451 e. The number of amidine groups is 1. The second-order valence-electron chi connectivity index (χ2n) is 8.22. The first kappa shape index (κ1) is 20.0.